The number of hydrogen-bond donors (Lipinski definition) is 0. The molecule has 5 nitrogen and oxygen atoms in total. The van der Waals surface area contributed by atoms with Crippen molar-refractivity contribution in [2.24, 2.45) is 0 Å². The number of aromatic nitrogens is 2. The molecule has 0 N–H and O–H groups in total. The normalized spacial score (nSPS) is 25.0. The van der Waals surface area contributed by atoms with Crippen LogP contribution in [0.3, 0.4) is 0 Å². The van der Waals surface area contributed by atoms with Gasteiger partial charge in [-0.05, 0) is 44.2 Å². The second kappa shape index (κ2) is 5.89. The standard InChI is InChI=1S/C18H21N3O2/c22-17(14-4-1-5-15-16(14)20-10-9-19-15)21-11-2-6-18(8-12-21)7-3-13-23-18/h1,4-5,9-10H,2-3,6-8,11-13H2/t18-/m0/s1. The van der Waals surface area contributed by atoms with Gasteiger partial charge in [0.1, 0.15) is 5.52 Å². The van der Waals surface area contributed by atoms with Crippen molar-refractivity contribution >= 4 is 16.9 Å². The van der Waals surface area contributed by atoms with Gasteiger partial charge in [-0.3, -0.25) is 14.8 Å². The second-order valence-corrected chi connectivity index (χ2v) is 6.51. The van der Waals surface area contributed by atoms with Crippen LogP contribution in [0, 0.1) is 0 Å². The number of carbonyl (C=O) groups is 1. The Bertz CT molecular complexity index is 720. The molecule has 2 aliphatic heterocycles. The molecule has 1 aromatic carbocycles. The average Bonchev–Trinajstić information content (AvgIpc) is 2.95. The fraction of sp³-hybridized carbons (Fsp3) is 0.500. The Labute approximate surface area is 135 Å². The lowest BCUT2D eigenvalue weighted by molar-refractivity contribution is -0.00691. The van der Waals surface area contributed by atoms with Crippen LogP contribution in [0.2, 0.25) is 0 Å². The molecule has 3 heterocycles. The van der Waals surface area contributed by atoms with E-state index in [2.05, 4.69) is 9.97 Å². The maximum Gasteiger partial charge on any atom is 0.256 e. The van der Waals surface area contributed by atoms with Crippen molar-refractivity contribution in [2.75, 3.05) is 19.7 Å². The van der Waals surface area contributed by atoms with Gasteiger partial charge < -0.3 is 9.64 Å². The minimum atomic E-state index is 0.0214. The van der Waals surface area contributed by atoms with Gasteiger partial charge in [-0.15, -0.1) is 0 Å². The van der Waals surface area contributed by atoms with Crippen molar-refractivity contribution in [3.8, 4) is 0 Å². The predicted molar refractivity (Wildman–Crippen MR) is 87.2 cm³/mol. The molecular weight excluding hydrogens is 290 g/mol. The molecule has 1 atom stereocenters. The monoisotopic (exact) mass is 311 g/mol. The highest BCUT2D eigenvalue weighted by Crippen LogP contribution is 2.36. The first-order chi connectivity index (χ1) is 11.3. The van der Waals surface area contributed by atoms with Gasteiger partial charge in [0, 0.05) is 32.1 Å². The molecule has 1 amide bonds. The van der Waals surface area contributed by atoms with Crippen LogP contribution in [0.1, 0.15) is 42.5 Å². The van der Waals surface area contributed by atoms with Crippen molar-refractivity contribution < 1.29 is 9.53 Å². The van der Waals surface area contributed by atoms with Crippen LogP contribution in [0.25, 0.3) is 11.0 Å². The molecule has 2 fully saturated rings. The quantitative estimate of drug-likeness (QED) is 0.812. The molecule has 0 unspecified atom stereocenters. The Hall–Kier alpha value is -2.01. The van der Waals surface area contributed by atoms with Gasteiger partial charge in [0.2, 0.25) is 0 Å². The number of ether oxygens (including phenoxy) is 1. The summed E-state index contributed by atoms with van der Waals surface area (Å²) in [5, 5.41) is 0. The summed E-state index contributed by atoms with van der Waals surface area (Å²) in [6.07, 6.45) is 8.58. The van der Waals surface area contributed by atoms with Gasteiger partial charge in [-0.2, -0.15) is 0 Å². The number of para-hydroxylation sites is 1. The predicted octanol–water partition coefficient (Wildman–Crippen LogP) is 2.81. The van der Waals surface area contributed by atoms with Crippen LogP contribution >= 0.6 is 0 Å². The van der Waals surface area contributed by atoms with Gasteiger partial charge in [-0.1, -0.05) is 6.07 Å². The Morgan fingerprint density at radius 1 is 1.09 bits per heavy atom. The first-order valence-electron chi connectivity index (χ1n) is 8.40. The molecule has 23 heavy (non-hydrogen) atoms. The molecule has 0 radical (unpaired) electrons. The smallest absolute Gasteiger partial charge is 0.256 e. The first-order valence-corrected chi connectivity index (χ1v) is 8.40. The lowest BCUT2D eigenvalue weighted by Crippen LogP contribution is -2.34. The second-order valence-electron chi connectivity index (χ2n) is 6.51. The van der Waals surface area contributed by atoms with Crippen molar-refractivity contribution in [1.82, 2.24) is 14.9 Å². The summed E-state index contributed by atoms with van der Waals surface area (Å²) in [7, 11) is 0. The third-order valence-electron chi connectivity index (χ3n) is 5.10. The number of hydrogen-bond acceptors (Lipinski definition) is 4. The van der Waals surface area contributed by atoms with Crippen LogP contribution in [0.15, 0.2) is 30.6 Å². The van der Waals surface area contributed by atoms with Gasteiger partial charge in [0.25, 0.3) is 5.91 Å². The average molecular weight is 311 g/mol. The highest BCUT2D eigenvalue weighted by molar-refractivity contribution is 6.04. The minimum Gasteiger partial charge on any atom is -0.375 e. The Kier molecular flexibility index (Phi) is 3.73. The van der Waals surface area contributed by atoms with E-state index in [1.165, 1.54) is 0 Å². The van der Waals surface area contributed by atoms with Crippen LogP contribution in [0.4, 0.5) is 0 Å². The number of benzene rings is 1. The number of likely N-dealkylation sites (tertiary alicyclic amines) is 1. The lowest BCUT2D eigenvalue weighted by Gasteiger charge is -2.27. The molecule has 0 bridgehead atoms. The van der Waals surface area contributed by atoms with E-state index in [0.717, 1.165) is 57.3 Å². The highest BCUT2D eigenvalue weighted by atomic mass is 16.5. The maximum atomic E-state index is 13.0. The number of amides is 1. The fourth-order valence-corrected chi connectivity index (χ4v) is 3.86. The molecule has 2 saturated heterocycles. The zero-order valence-corrected chi connectivity index (χ0v) is 13.2. The Morgan fingerprint density at radius 2 is 1.96 bits per heavy atom. The third-order valence-corrected chi connectivity index (χ3v) is 5.10. The molecule has 2 aliphatic rings. The van der Waals surface area contributed by atoms with E-state index in [-0.39, 0.29) is 11.5 Å². The van der Waals surface area contributed by atoms with E-state index >= 15 is 0 Å². The zero-order valence-electron chi connectivity index (χ0n) is 13.2. The summed E-state index contributed by atoms with van der Waals surface area (Å²) in [5.41, 5.74) is 2.13. The minimum absolute atomic E-state index is 0.0214. The summed E-state index contributed by atoms with van der Waals surface area (Å²) in [5.74, 6) is 0.0612. The molecule has 1 aromatic heterocycles. The number of carbonyl (C=O) groups excluding carboxylic acids is 1. The highest BCUT2D eigenvalue weighted by Gasteiger charge is 2.37. The largest absolute Gasteiger partial charge is 0.375 e. The summed E-state index contributed by atoms with van der Waals surface area (Å²) in [6, 6.07) is 5.62. The van der Waals surface area contributed by atoms with Crippen LogP contribution < -0.4 is 0 Å². The van der Waals surface area contributed by atoms with Gasteiger partial charge in [-0.25, -0.2) is 0 Å². The van der Waals surface area contributed by atoms with E-state index in [9.17, 15) is 4.79 Å². The molecule has 5 heteroatoms. The van der Waals surface area contributed by atoms with Crippen LogP contribution in [-0.2, 0) is 4.74 Å². The topological polar surface area (TPSA) is 55.3 Å². The summed E-state index contributed by atoms with van der Waals surface area (Å²) in [4.78, 5) is 23.6. The summed E-state index contributed by atoms with van der Waals surface area (Å²) in [6.45, 7) is 2.42. The number of fused-ring (bicyclic) bond motifs is 1. The number of nitrogens with zero attached hydrogens (tertiary/aromatic N) is 3. The van der Waals surface area contributed by atoms with Crippen LogP contribution in [-0.4, -0.2) is 46.1 Å². The molecule has 0 saturated carbocycles. The van der Waals surface area contributed by atoms with E-state index in [1.807, 2.05) is 23.1 Å². The van der Waals surface area contributed by atoms with Crippen molar-refractivity contribution in [1.29, 1.82) is 0 Å². The molecule has 120 valence electrons. The summed E-state index contributed by atoms with van der Waals surface area (Å²) < 4.78 is 6.01. The van der Waals surface area contributed by atoms with E-state index in [4.69, 9.17) is 4.74 Å². The van der Waals surface area contributed by atoms with Crippen molar-refractivity contribution in [3.05, 3.63) is 36.2 Å². The molecule has 2 aromatic rings. The molecular formula is C18H21N3O2. The SMILES string of the molecule is O=C(c1cccc2nccnc12)N1CCC[C@]2(CCCO2)CC1. The van der Waals surface area contributed by atoms with Crippen molar-refractivity contribution in [2.45, 2.75) is 37.7 Å². The Balaban J connectivity index is 1.58. The van der Waals surface area contributed by atoms with E-state index in [1.54, 1.807) is 12.4 Å². The fourth-order valence-electron chi connectivity index (χ4n) is 3.86. The number of rotatable bonds is 1. The zero-order chi connectivity index (χ0) is 15.7. The van der Waals surface area contributed by atoms with E-state index in [0.29, 0.717) is 11.1 Å². The van der Waals surface area contributed by atoms with Crippen LogP contribution in [0.5, 0.6) is 0 Å². The molecule has 0 aliphatic carbocycles. The maximum absolute atomic E-state index is 13.0. The van der Waals surface area contributed by atoms with Gasteiger partial charge in [0.05, 0.1) is 16.7 Å². The molecule has 4 rings (SSSR count). The van der Waals surface area contributed by atoms with Gasteiger partial charge in [0.15, 0.2) is 0 Å². The first kappa shape index (κ1) is 14.6. The molecule has 1 spiro atoms. The van der Waals surface area contributed by atoms with E-state index < -0.39 is 0 Å². The van der Waals surface area contributed by atoms with Crippen molar-refractivity contribution in [3.63, 3.8) is 0 Å². The summed E-state index contributed by atoms with van der Waals surface area (Å²) >= 11 is 0. The Morgan fingerprint density at radius 3 is 2.83 bits per heavy atom. The van der Waals surface area contributed by atoms with Gasteiger partial charge >= 0.3 is 0 Å². The third kappa shape index (κ3) is 2.70. The lowest BCUT2D eigenvalue weighted by atomic mass is 9.92.